The maximum absolute atomic E-state index is 10.4. The average molecular weight is 326 g/mol. The molecule has 1 atom stereocenters. The molecule has 1 aromatic carbocycles. The molecule has 0 aliphatic carbocycles. The highest BCUT2D eigenvalue weighted by atomic mass is 17.0. The molecule has 8 nitrogen and oxygen atoms in total. The summed E-state index contributed by atoms with van der Waals surface area (Å²) in [5.74, 6) is 1.29. The number of nitrogens with zero attached hydrogens (tertiary/aromatic N) is 1. The molecular weight excluding hydrogens is 304 g/mol. The first-order chi connectivity index (χ1) is 11.2. The van der Waals surface area contributed by atoms with Gasteiger partial charge in [0, 0.05) is 18.6 Å². The van der Waals surface area contributed by atoms with Gasteiger partial charge >= 0.3 is 0 Å². The molecule has 1 aromatic rings. The zero-order valence-electron chi connectivity index (χ0n) is 12.9. The van der Waals surface area contributed by atoms with Gasteiger partial charge in [0.25, 0.3) is 5.09 Å². The topological polar surface area (TPSA) is 103 Å². The van der Waals surface area contributed by atoms with Gasteiger partial charge in [0.1, 0.15) is 12.7 Å². The molecule has 23 heavy (non-hydrogen) atoms. The second kappa shape index (κ2) is 9.16. The molecule has 0 saturated heterocycles. The number of aliphatic hydroxyl groups excluding tert-OH is 1. The summed E-state index contributed by atoms with van der Waals surface area (Å²) in [4.78, 5) is 15.0. The van der Waals surface area contributed by atoms with Crippen molar-refractivity contribution in [3.63, 3.8) is 0 Å². The lowest BCUT2D eigenvalue weighted by molar-refractivity contribution is -0.769. The van der Waals surface area contributed by atoms with Crippen LogP contribution >= 0.6 is 0 Å². The first kappa shape index (κ1) is 17.3. The highest BCUT2D eigenvalue weighted by Gasteiger charge is 2.25. The van der Waals surface area contributed by atoms with Gasteiger partial charge in [0.2, 0.25) is 0 Å². The molecule has 0 saturated carbocycles. The van der Waals surface area contributed by atoms with Gasteiger partial charge in [-0.15, -0.1) is 10.1 Å². The van der Waals surface area contributed by atoms with E-state index in [-0.39, 0.29) is 13.2 Å². The lowest BCUT2D eigenvalue weighted by Crippen LogP contribution is -2.31. The first-order valence-electron chi connectivity index (χ1n) is 7.71. The van der Waals surface area contributed by atoms with Crippen molar-refractivity contribution >= 4 is 0 Å². The van der Waals surface area contributed by atoms with Crippen molar-refractivity contribution in [2.45, 2.75) is 25.4 Å². The van der Waals surface area contributed by atoms with Gasteiger partial charge in [0.05, 0.1) is 6.61 Å². The molecule has 0 amide bonds. The molecule has 2 rings (SSSR count). The monoisotopic (exact) mass is 326 g/mol. The van der Waals surface area contributed by atoms with Crippen LogP contribution in [0, 0.1) is 10.1 Å². The second-order valence-corrected chi connectivity index (χ2v) is 5.24. The van der Waals surface area contributed by atoms with Gasteiger partial charge in [-0.3, -0.25) is 0 Å². The second-order valence-electron chi connectivity index (χ2n) is 5.24. The van der Waals surface area contributed by atoms with Crippen molar-refractivity contribution in [2.24, 2.45) is 0 Å². The number of aliphatic hydroxyl groups is 1. The lowest BCUT2D eigenvalue weighted by atomic mass is 10.0. The Kier molecular flexibility index (Phi) is 6.89. The number of hydrogen-bond acceptors (Lipinski definition) is 7. The molecule has 0 fully saturated rings. The summed E-state index contributed by atoms with van der Waals surface area (Å²) >= 11 is 0. The van der Waals surface area contributed by atoms with E-state index in [2.05, 4.69) is 10.2 Å². The minimum Gasteiger partial charge on any atom is -0.490 e. The Labute approximate surface area is 134 Å². The number of fused-ring (bicyclic) bond motifs is 1. The van der Waals surface area contributed by atoms with E-state index < -0.39 is 11.2 Å². The third-order valence-corrected chi connectivity index (χ3v) is 3.42. The van der Waals surface area contributed by atoms with Crippen molar-refractivity contribution < 1.29 is 24.5 Å². The van der Waals surface area contributed by atoms with Crippen LogP contribution in [0.3, 0.4) is 0 Å². The third kappa shape index (κ3) is 5.57. The Balaban J connectivity index is 1.79. The van der Waals surface area contributed by atoms with E-state index in [4.69, 9.17) is 14.6 Å². The number of benzene rings is 1. The molecule has 2 N–H and O–H groups in total. The molecule has 0 aromatic heterocycles. The average Bonchev–Trinajstić information content (AvgIpc) is 2.53. The van der Waals surface area contributed by atoms with Crippen LogP contribution in [-0.2, 0) is 11.3 Å². The van der Waals surface area contributed by atoms with Crippen LogP contribution in [-0.4, -0.2) is 49.2 Å². The van der Waals surface area contributed by atoms with E-state index in [0.29, 0.717) is 24.5 Å². The summed E-state index contributed by atoms with van der Waals surface area (Å²) in [6.45, 7) is 2.47. The lowest BCUT2D eigenvalue weighted by Gasteiger charge is -2.25. The number of hydrogen-bond donors (Lipinski definition) is 2. The molecular formula is C15H22N2O6. The van der Waals surface area contributed by atoms with Crippen LogP contribution in [0.5, 0.6) is 11.5 Å². The van der Waals surface area contributed by atoms with Crippen molar-refractivity contribution in [1.82, 2.24) is 5.32 Å². The fourth-order valence-corrected chi connectivity index (χ4v) is 2.38. The summed E-state index contributed by atoms with van der Waals surface area (Å²) in [7, 11) is 0. The van der Waals surface area contributed by atoms with E-state index in [0.717, 1.165) is 31.5 Å². The predicted octanol–water partition coefficient (Wildman–Crippen LogP) is 0.939. The minimum atomic E-state index is -0.789. The summed E-state index contributed by atoms with van der Waals surface area (Å²) in [6.07, 6.45) is 1.43. The number of rotatable bonds is 10. The molecule has 0 bridgehead atoms. The van der Waals surface area contributed by atoms with Gasteiger partial charge < -0.3 is 24.7 Å². The molecule has 1 aliphatic rings. The number of para-hydroxylation sites is 1. The summed E-state index contributed by atoms with van der Waals surface area (Å²) in [5.41, 5.74) is 0.849. The summed E-state index contributed by atoms with van der Waals surface area (Å²) in [5, 5.41) is 21.5. The summed E-state index contributed by atoms with van der Waals surface area (Å²) < 4.78 is 11.3. The smallest absolute Gasteiger partial charge is 0.294 e. The fraction of sp³-hybridized carbons (Fsp3) is 0.600. The van der Waals surface area contributed by atoms with E-state index in [1.165, 1.54) is 0 Å². The Morgan fingerprint density at radius 2 is 2.22 bits per heavy atom. The molecule has 0 unspecified atom stereocenters. The van der Waals surface area contributed by atoms with Gasteiger partial charge in [-0.2, -0.15) is 0 Å². The summed E-state index contributed by atoms with van der Waals surface area (Å²) in [6, 6.07) is 5.52. The predicted molar refractivity (Wildman–Crippen MR) is 82.2 cm³/mol. The number of ether oxygens (including phenoxy) is 2. The highest BCUT2D eigenvalue weighted by molar-refractivity contribution is 5.48. The third-order valence-electron chi connectivity index (χ3n) is 3.42. The quantitative estimate of drug-likeness (QED) is 0.375. The van der Waals surface area contributed by atoms with E-state index in [1.807, 2.05) is 18.2 Å². The SMILES string of the molecule is O=[N+]([O-])O[C@H]1COc2c(cccc2OCCCNCCCO)C1. The van der Waals surface area contributed by atoms with E-state index in [9.17, 15) is 10.1 Å². The minimum absolute atomic E-state index is 0.136. The molecule has 128 valence electrons. The highest BCUT2D eigenvalue weighted by Crippen LogP contribution is 2.35. The molecule has 1 aliphatic heterocycles. The van der Waals surface area contributed by atoms with E-state index >= 15 is 0 Å². The largest absolute Gasteiger partial charge is 0.490 e. The zero-order chi connectivity index (χ0) is 16.5. The molecule has 8 heteroatoms. The maximum atomic E-state index is 10.4. The van der Waals surface area contributed by atoms with Crippen molar-refractivity contribution in [2.75, 3.05) is 32.9 Å². The zero-order valence-corrected chi connectivity index (χ0v) is 12.9. The normalized spacial score (nSPS) is 16.3. The van der Waals surface area contributed by atoms with Crippen molar-refractivity contribution in [3.8, 4) is 11.5 Å². The van der Waals surface area contributed by atoms with Gasteiger partial charge in [0.15, 0.2) is 11.5 Å². The van der Waals surface area contributed by atoms with Crippen molar-refractivity contribution in [1.29, 1.82) is 0 Å². The number of nitrogens with one attached hydrogen (secondary N) is 1. The van der Waals surface area contributed by atoms with E-state index in [1.54, 1.807) is 0 Å². The Morgan fingerprint density at radius 1 is 1.39 bits per heavy atom. The van der Waals surface area contributed by atoms with Gasteiger partial charge in [-0.05, 0) is 32.0 Å². The molecule has 1 heterocycles. The Morgan fingerprint density at radius 3 is 3.00 bits per heavy atom. The van der Waals surface area contributed by atoms with Crippen molar-refractivity contribution in [3.05, 3.63) is 33.9 Å². The van der Waals surface area contributed by atoms with Crippen LogP contribution in [0.1, 0.15) is 18.4 Å². The van der Waals surface area contributed by atoms with Crippen LogP contribution in [0.2, 0.25) is 0 Å². The fourth-order valence-electron chi connectivity index (χ4n) is 2.38. The van der Waals surface area contributed by atoms with Gasteiger partial charge in [-0.1, -0.05) is 12.1 Å². The maximum Gasteiger partial charge on any atom is 0.294 e. The van der Waals surface area contributed by atoms with Crippen LogP contribution in [0.4, 0.5) is 0 Å². The molecule has 0 spiro atoms. The van der Waals surface area contributed by atoms with Crippen LogP contribution in [0.25, 0.3) is 0 Å². The standard InChI is InChI=1S/C15H22N2O6/c18-8-2-6-16-7-3-9-21-14-5-1-4-12-10-13(23-17(19)20)11-22-15(12)14/h1,4-5,13,16,18H,2-3,6-11H2/t13-/m1/s1. The van der Waals surface area contributed by atoms with Gasteiger partial charge in [-0.25, -0.2) is 0 Å². The Hall–Kier alpha value is -2.06. The first-order valence-corrected chi connectivity index (χ1v) is 7.71. The molecule has 0 radical (unpaired) electrons. The van der Waals surface area contributed by atoms with Crippen LogP contribution in [0.15, 0.2) is 18.2 Å². The Bertz CT molecular complexity index is 511. The van der Waals surface area contributed by atoms with Crippen LogP contribution < -0.4 is 14.8 Å².